The van der Waals surface area contributed by atoms with Crippen LogP contribution in [0.25, 0.3) is 0 Å². The number of hydrogen-bond acceptors (Lipinski definition) is 7. The minimum absolute atomic E-state index is 0.0443. The van der Waals surface area contributed by atoms with Crippen molar-refractivity contribution < 1.29 is 9.53 Å². The first-order valence-corrected chi connectivity index (χ1v) is 7.58. The fourth-order valence-electron chi connectivity index (χ4n) is 1.72. The average molecular weight is 309 g/mol. The Bertz CT molecular complexity index is 593. The Hall–Kier alpha value is -1.96. The zero-order chi connectivity index (χ0) is 15.5. The lowest BCUT2D eigenvalue weighted by Gasteiger charge is -2.19. The van der Waals surface area contributed by atoms with Crippen LogP contribution in [-0.2, 0) is 14.9 Å². The van der Waals surface area contributed by atoms with Crippen molar-refractivity contribution in [3.8, 4) is 0 Å². The molecule has 2 aromatic heterocycles. The molecule has 7 nitrogen and oxygen atoms in total. The molecule has 2 N–H and O–H groups in total. The lowest BCUT2D eigenvalue weighted by atomic mass is 9.90. The molecule has 0 aliphatic heterocycles. The smallest absolute Gasteiger partial charge is 0.317 e. The number of anilines is 1. The van der Waals surface area contributed by atoms with Gasteiger partial charge in [-0.3, -0.25) is 9.89 Å². The van der Waals surface area contributed by atoms with Crippen LogP contribution in [0.2, 0.25) is 0 Å². The van der Waals surface area contributed by atoms with E-state index in [1.54, 1.807) is 6.92 Å². The number of thiazole rings is 1. The van der Waals surface area contributed by atoms with Crippen LogP contribution in [0.15, 0.2) is 11.7 Å². The van der Waals surface area contributed by atoms with E-state index in [0.717, 1.165) is 11.0 Å². The fourth-order valence-corrected chi connectivity index (χ4v) is 2.69. The summed E-state index contributed by atoms with van der Waals surface area (Å²) >= 11 is 1.45. The van der Waals surface area contributed by atoms with E-state index in [1.807, 2.05) is 26.2 Å². The maximum absolute atomic E-state index is 12.0. The minimum Gasteiger partial charge on any atom is -0.465 e. The molecule has 0 aliphatic rings. The number of aromatic amines is 1. The van der Waals surface area contributed by atoms with Crippen molar-refractivity contribution in [1.29, 1.82) is 0 Å². The first-order chi connectivity index (χ1) is 9.95. The molecule has 0 fully saturated rings. The van der Waals surface area contributed by atoms with E-state index >= 15 is 0 Å². The van der Waals surface area contributed by atoms with Gasteiger partial charge in [-0.2, -0.15) is 5.10 Å². The molecule has 0 spiro atoms. The molecule has 0 amide bonds. The van der Waals surface area contributed by atoms with Crippen LogP contribution in [-0.4, -0.2) is 32.7 Å². The summed E-state index contributed by atoms with van der Waals surface area (Å²) in [6.07, 6.45) is 1.46. The van der Waals surface area contributed by atoms with E-state index in [9.17, 15) is 4.79 Å². The predicted molar refractivity (Wildman–Crippen MR) is 80.2 cm³/mol. The van der Waals surface area contributed by atoms with E-state index in [2.05, 4.69) is 25.5 Å². The molecule has 0 aliphatic carbocycles. The summed E-state index contributed by atoms with van der Waals surface area (Å²) in [6, 6.07) is -0.0443. The van der Waals surface area contributed by atoms with Crippen molar-refractivity contribution in [3.05, 3.63) is 23.2 Å². The number of carbonyl (C=O) groups excluding carboxylic acids is 1. The second kappa shape index (κ2) is 6.21. The number of H-pyrrole nitrogens is 1. The van der Waals surface area contributed by atoms with Crippen LogP contribution in [0.3, 0.4) is 0 Å². The van der Waals surface area contributed by atoms with Crippen LogP contribution in [0.5, 0.6) is 0 Å². The molecule has 1 unspecified atom stereocenters. The second-order valence-electron chi connectivity index (χ2n) is 5.12. The highest BCUT2D eigenvalue weighted by molar-refractivity contribution is 7.13. The van der Waals surface area contributed by atoms with Gasteiger partial charge in [-0.25, -0.2) is 9.97 Å². The molecule has 21 heavy (non-hydrogen) atoms. The third-order valence-corrected chi connectivity index (χ3v) is 3.89. The van der Waals surface area contributed by atoms with Crippen molar-refractivity contribution in [3.63, 3.8) is 0 Å². The van der Waals surface area contributed by atoms with E-state index in [-0.39, 0.29) is 12.0 Å². The molecular weight excluding hydrogens is 290 g/mol. The van der Waals surface area contributed by atoms with E-state index < -0.39 is 5.41 Å². The van der Waals surface area contributed by atoms with Crippen LogP contribution in [0.4, 0.5) is 5.13 Å². The molecule has 0 saturated carbocycles. The maximum atomic E-state index is 12.0. The van der Waals surface area contributed by atoms with Crippen LogP contribution >= 0.6 is 11.3 Å². The van der Waals surface area contributed by atoms with E-state index in [4.69, 9.17) is 4.74 Å². The summed E-state index contributed by atoms with van der Waals surface area (Å²) in [7, 11) is 0. The first-order valence-electron chi connectivity index (χ1n) is 6.70. The fraction of sp³-hybridized carbons (Fsp3) is 0.538. The third-order valence-electron chi connectivity index (χ3n) is 3.11. The zero-order valence-corrected chi connectivity index (χ0v) is 13.3. The molecule has 2 heterocycles. The number of esters is 1. The van der Waals surface area contributed by atoms with Gasteiger partial charge in [-0.05, 0) is 27.7 Å². The molecule has 1 atom stereocenters. The summed E-state index contributed by atoms with van der Waals surface area (Å²) in [5.74, 6) is 0.460. The quantitative estimate of drug-likeness (QED) is 0.795. The van der Waals surface area contributed by atoms with Crippen LogP contribution in [0.1, 0.15) is 45.3 Å². The molecule has 2 aromatic rings. The third kappa shape index (κ3) is 3.38. The lowest BCUT2D eigenvalue weighted by molar-refractivity contribution is -0.148. The molecule has 114 valence electrons. The number of ether oxygens (including phenoxy) is 1. The topological polar surface area (TPSA) is 92.8 Å². The normalized spacial score (nSPS) is 13.0. The Morgan fingerprint density at radius 1 is 1.57 bits per heavy atom. The number of nitrogens with one attached hydrogen (secondary N) is 2. The number of carbonyl (C=O) groups is 1. The molecule has 0 saturated heterocycles. The number of rotatable bonds is 6. The van der Waals surface area contributed by atoms with Gasteiger partial charge in [0.15, 0.2) is 5.13 Å². The summed E-state index contributed by atoms with van der Waals surface area (Å²) in [5.41, 5.74) is -0.0692. The predicted octanol–water partition coefficient (Wildman–Crippen LogP) is 2.27. The SMILES string of the molecule is CCOC(=O)C(C)(C)c1csc(NC(C)c2ncn[nH]2)n1. The van der Waals surface area contributed by atoms with Crippen molar-refractivity contribution >= 4 is 22.4 Å². The first kappa shape index (κ1) is 15.4. The summed E-state index contributed by atoms with van der Waals surface area (Å²) < 4.78 is 5.09. The van der Waals surface area contributed by atoms with Gasteiger partial charge in [-0.1, -0.05) is 0 Å². The van der Waals surface area contributed by atoms with Gasteiger partial charge >= 0.3 is 5.97 Å². The lowest BCUT2D eigenvalue weighted by Crippen LogP contribution is -2.31. The Kier molecular flexibility index (Phi) is 4.56. The van der Waals surface area contributed by atoms with E-state index in [1.165, 1.54) is 17.7 Å². The highest BCUT2D eigenvalue weighted by Crippen LogP contribution is 2.29. The van der Waals surface area contributed by atoms with Crippen LogP contribution in [0, 0.1) is 0 Å². The van der Waals surface area contributed by atoms with E-state index in [0.29, 0.717) is 12.3 Å². The number of aromatic nitrogens is 4. The number of hydrogen-bond donors (Lipinski definition) is 2. The van der Waals surface area contributed by atoms with Crippen molar-refractivity contribution in [2.45, 2.75) is 39.2 Å². The maximum Gasteiger partial charge on any atom is 0.317 e. The standard InChI is InChI=1S/C13H19N5O2S/c1-5-20-11(19)13(3,4)9-6-21-12(17-9)16-8(2)10-14-7-15-18-10/h6-8H,5H2,1-4H3,(H,16,17)(H,14,15,18). The Balaban J connectivity index is 2.09. The molecule has 0 bridgehead atoms. The zero-order valence-electron chi connectivity index (χ0n) is 12.5. The molecule has 0 radical (unpaired) electrons. The Morgan fingerprint density at radius 3 is 2.95 bits per heavy atom. The van der Waals surface area contributed by atoms with Gasteiger partial charge < -0.3 is 10.1 Å². The Labute approximate surface area is 127 Å². The van der Waals surface area contributed by atoms with Gasteiger partial charge in [0, 0.05) is 5.38 Å². The molecular formula is C13H19N5O2S. The van der Waals surface area contributed by atoms with Gasteiger partial charge in [-0.15, -0.1) is 11.3 Å². The summed E-state index contributed by atoms with van der Waals surface area (Å²) in [4.78, 5) is 20.6. The van der Waals surface area contributed by atoms with Gasteiger partial charge in [0.05, 0.1) is 18.3 Å². The largest absolute Gasteiger partial charge is 0.465 e. The Morgan fingerprint density at radius 2 is 2.33 bits per heavy atom. The second-order valence-corrected chi connectivity index (χ2v) is 5.98. The monoisotopic (exact) mass is 309 g/mol. The summed E-state index contributed by atoms with van der Waals surface area (Å²) in [5, 5.41) is 12.5. The van der Waals surface area contributed by atoms with Gasteiger partial charge in [0.1, 0.15) is 17.6 Å². The number of nitrogens with zero attached hydrogens (tertiary/aromatic N) is 3. The molecule has 2 rings (SSSR count). The van der Waals surface area contributed by atoms with Crippen LogP contribution < -0.4 is 5.32 Å². The molecule has 8 heteroatoms. The highest BCUT2D eigenvalue weighted by atomic mass is 32.1. The summed E-state index contributed by atoms with van der Waals surface area (Å²) in [6.45, 7) is 7.73. The van der Waals surface area contributed by atoms with Crippen molar-refractivity contribution in [2.24, 2.45) is 0 Å². The average Bonchev–Trinajstić information content (AvgIpc) is 3.10. The van der Waals surface area contributed by atoms with Gasteiger partial charge in [0.25, 0.3) is 0 Å². The molecule has 0 aromatic carbocycles. The highest BCUT2D eigenvalue weighted by Gasteiger charge is 2.34. The minimum atomic E-state index is -0.762. The van der Waals surface area contributed by atoms with Crippen molar-refractivity contribution in [1.82, 2.24) is 20.2 Å². The van der Waals surface area contributed by atoms with Gasteiger partial charge in [0.2, 0.25) is 0 Å². The van der Waals surface area contributed by atoms with Crippen molar-refractivity contribution in [2.75, 3.05) is 11.9 Å².